The van der Waals surface area contributed by atoms with Crippen LogP contribution in [0.4, 0.5) is 17.1 Å². The van der Waals surface area contributed by atoms with Crippen LogP contribution in [0.5, 0.6) is 11.5 Å². The number of ether oxygens (including phenoxy) is 2. The SMILES string of the molecule is COc1ccc(Nc2ccc([N+](=O)[O-])cc2Cl)c(OC)c1. The zero-order chi connectivity index (χ0) is 15.4. The average Bonchev–Trinajstić information content (AvgIpc) is 2.49. The van der Waals surface area contributed by atoms with Crippen molar-refractivity contribution in [2.45, 2.75) is 0 Å². The van der Waals surface area contributed by atoms with Crippen molar-refractivity contribution >= 4 is 28.7 Å². The Balaban J connectivity index is 2.32. The first-order valence-corrected chi connectivity index (χ1v) is 6.36. The highest BCUT2D eigenvalue weighted by atomic mass is 35.5. The topological polar surface area (TPSA) is 73.6 Å². The van der Waals surface area contributed by atoms with Crippen LogP contribution in [0.25, 0.3) is 0 Å². The molecular formula is C14H13ClN2O4. The summed E-state index contributed by atoms with van der Waals surface area (Å²) in [5, 5.41) is 14.0. The molecule has 0 saturated carbocycles. The van der Waals surface area contributed by atoms with Crippen LogP contribution in [-0.4, -0.2) is 19.1 Å². The van der Waals surface area contributed by atoms with Crippen molar-refractivity contribution in [2.75, 3.05) is 19.5 Å². The van der Waals surface area contributed by atoms with E-state index in [1.165, 1.54) is 19.2 Å². The second-order valence-electron chi connectivity index (χ2n) is 4.11. The van der Waals surface area contributed by atoms with Crippen LogP contribution in [0.15, 0.2) is 36.4 Å². The van der Waals surface area contributed by atoms with E-state index < -0.39 is 4.92 Å². The van der Waals surface area contributed by atoms with Gasteiger partial charge in [0.15, 0.2) is 0 Å². The molecule has 0 aromatic heterocycles. The van der Waals surface area contributed by atoms with E-state index in [0.717, 1.165) is 0 Å². The molecule has 0 aliphatic carbocycles. The minimum absolute atomic E-state index is 0.0627. The summed E-state index contributed by atoms with van der Waals surface area (Å²) in [6, 6.07) is 9.48. The number of methoxy groups -OCH3 is 2. The van der Waals surface area contributed by atoms with Gasteiger partial charge >= 0.3 is 0 Å². The Morgan fingerprint density at radius 3 is 2.38 bits per heavy atom. The Morgan fingerprint density at radius 1 is 1.10 bits per heavy atom. The molecule has 6 nitrogen and oxygen atoms in total. The zero-order valence-corrected chi connectivity index (χ0v) is 12.2. The molecule has 2 rings (SSSR count). The fourth-order valence-corrected chi connectivity index (χ4v) is 1.99. The van der Waals surface area contributed by atoms with Crippen LogP contribution in [0.1, 0.15) is 0 Å². The van der Waals surface area contributed by atoms with Crippen molar-refractivity contribution < 1.29 is 14.4 Å². The van der Waals surface area contributed by atoms with Crippen LogP contribution in [0.2, 0.25) is 5.02 Å². The molecule has 0 radical (unpaired) electrons. The molecule has 0 bridgehead atoms. The van der Waals surface area contributed by atoms with Gasteiger partial charge in [-0.15, -0.1) is 0 Å². The maximum absolute atomic E-state index is 10.7. The number of nitro benzene ring substituents is 1. The highest BCUT2D eigenvalue weighted by molar-refractivity contribution is 6.33. The number of benzene rings is 2. The molecule has 0 amide bonds. The van der Waals surface area contributed by atoms with E-state index >= 15 is 0 Å². The number of nitrogens with zero attached hydrogens (tertiary/aromatic N) is 1. The Bertz CT molecular complexity index is 676. The van der Waals surface area contributed by atoms with Gasteiger partial charge in [0.25, 0.3) is 5.69 Å². The first-order valence-electron chi connectivity index (χ1n) is 5.98. The summed E-state index contributed by atoms with van der Waals surface area (Å²) >= 11 is 6.05. The lowest BCUT2D eigenvalue weighted by molar-refractivity contribution is -0.384. The fraction of sp³-hybridized carbons (Fsp3) is 0.143. The zero-order valence-electron chi connectivity index (χ0n) is 11.4. The lowest BCUT2D eigenvalue weighted by Gasteiger charge is -2.13. The van der Waals surface area contributed by atoms with Crippen molar-refractivity contribution in [3.05, 3.63) is 51.5 Å². The summed E-state index contributed by atoms with van der Waals surface area (Å²) in [5.74, 6) is 1.23. The number of hydrogen-bond acceptors (Lipinski definition) is 5. The summed E-state index contributed by atoms with van der Waals surface area (Å²) in [5.41, 5.74) is 1.16. The lowest BCUT2D eigenvalue weighted by atomic mass is 10.2. The summed E-state index contributed by atoms with van der Waals surface area (Å²) < 4.78 is 10.4. The third-order valence-electron chi connectivity index (χ3n) is 2.84. The molecule has 0 aliphatic rings. The number of hydrogen-bond donors (Lipinski definition) is 1. The van der Waals surface area contributed by atoms with Crippen molar-refractivity contribution in [1.82, 2.24) is 0 Å². The minimum atomic E-state index is -0.496. The van der Waals surface area contributed by atoms with Gasteiger partial charge in [-0.05, 0) is 18.2 Å². The number of anilines is 2. The van der Waals surface area contributed by atoms with Gasteiger partial charge in [-0.1, -0.05) is 11.6 Å². The summed E-state index contributed by atoms with van der Waals surface area (Å²) in [6.45, 7) is 0. The average molecular weight is 309 g/mol. The van der Waals surface area contributed by atoms with Crippen molar-refractivity contribution in [3.8, 4) is 11.5 Å². The quantitative estimate of drug-likeness (QED) is 0.667. The predicted molar refractivity (Wildman–Crippen MR) is 80.9 cm³/mol. The summed E-state index contributed by atoms with van der Waals surface area (Å²) in [4.78, 5) is 10.2. The molecule has 2 aromatic rings. The molecule has 0 atom stereocenters. The van der Waals surface area contributed by atoms with E-state index in [4.69, 9.17) is 21.1 Å². The van der Waals surface area contributed by atoms with Crippen molar-refractivity contribution in [2.24, 2.45) is 0 Å². The second kappa shape index (κ2) is 6.32. The maximum Gasteiger partial charge on any atom is 0.271 e. The van der Waals surface area contributed by atoms with Gasteiger partial charge in [-0.25, -0.2) is 0 Å². The van der Waals surface area contributed by atoms with E-state index in [2.05, 4.69) is 5.32 Å². The lowest BCUT2D eigenvalue weighted by Crippen LogP contribution is -1.97. The van der Waals surface area contributed by atoms with Crippen LogP contribution < -0.4 is 14.8 Å². The molecule has 1 N–H and O–H groups in total. The number of nitro groups is 1. The third-order valence-corrected chi connectivity index (χ3v) is 3.15. The predicted octanol–water partition coefficient (Wildman–Crippen LogP) is 4.01. The minimum Gasteiger partial charge on any atom is -0.497 e. The van der Waals surface area contributed by atoms with Crippen LogP contribution in [0, 0.1) is 10.1 Å². The first-order chi connectivity index (χ1) is 10.0. The maximum atomic E-state index is 10.7. The molecule has 21 heavy (non-hydrogen) atoms. The Kier molecular flexibility index (Phi) is 4.49. The monoisotopic (exact) mass is 308 g/mol. The number of halogens is 1. The molecule has 0 aliphatic heterocycles. The smallest absolute Gasteiger partial charge is 0.271 e. The van der Waals surface area contributed by atoms with Gasteiger partial charge in [-0.3, -0.25) is 10.1 Å². The highest BCUT2D eigenvalue weighted by Gasteiger charge is 2.11. The fourth-order valence-electron chi connectivity index (χ4n) is 1.77. The number of non-ortho nitro benzene ring substituents is 1. The van der Waals surface area contributed by atoms with Crippen LogP contribution in [-0.2, 0) is 0 Å². The molecule has 110 valence electrons. The number of nitrogens with one attached hydrogen (secondary N) is 1. The van der Waals surface area contributed by atoms with Gasteiger partial charge in [0, 0.05) is 18.2 Å². The van der Waals surface area contributed by atoms with Crippen molar-refractivity contribution in [3.63, 3.8) is 0 Å². The number of rotatable bonds is 5. The summed E-state index contributed by atoms with van der Waals surface area (Å²) in [7, 11) is 3.10. The standard InChI is InChI=1S/C14H13ClN2O4/c1-20-10-4-6-13(14(8-10)21-2)16-12-5-3-9(17(18)19)7-11(12)15/h3-8,16H,1-2H3. The van der Waals surface area contributed by atoms with Gasteiger partial charge in [0.1, 0.15) is 11.5 Å². The van der Waals surface area contributed by atoms with E-state index in [1.807, 2.05) is 0 Å². The van der Waals surface area contributed by atoms with E-state index in [0.29, 0.717) is 22.9 Å². The molecule has 0 spiro atoms. The Morgan fingerprint density at radius 2 is 1.81 bits per heavy atom. The molecule has 2 aromatic carbocycles. The van der Waals surface area contributed by atoms with Crippen LogP contribution in [0.3, 0.4) is 0 Å². The molecule has 0 fully saturated rings. The van der Waals surface area contributed by atoms with Gasteiger partial charge in [0.2, 0.25) is 0 Å². The normalized spacial score (nSPS) is 10.0. The summed E-state index contributed by atoms with van der Waals surface area (Å²) in [6.07, 6.45) is 0. The van der Waals surface area contributed by atoms with Crippen molar-refractivity contribution in [1.29, 1.82) is 0 Å². The first kappa shape index (κ1) is 14.9. The second-order valence-corrected chi connectivity index (χ2v) is 4.52. The molecule has 7 heteroatoms. The Labute approximate surface area is 126 Å². The van der Waals surface area contributed by atoms with Gasteiger partial charge in [-0.2, -0.15) is 0 Å². The van der Waals surface area contributed by atoms with Gasteiger partial charge < -0.3 is 14.8 Å². The van der Waals surface area contributed by atoms with Crippen LogP contribution >= 0.6 is 11.6 Å². The van der Waals surface area contributed by atoms with E-state index in [-0.39, 0.29) is 10.7 Å². The molecule has 0 saturated heterocycles. The van der Waals surface area contributed by atoms with E-state index in [9.17, 15) is 10.1 Å². The third kappa shape index (κ3) is 3.35. The van der Waals surface area contributed by atoms with Gasteiger partial charge in [0.05, 0.1) is 35.5 Å². The highest BCUT2D eigenvalue weighted by Crippen LogP contribution is 2.34. The van der Waals surface area contributed by atoms with E-state index in [1.54, 1.807) is 31.4 Å². The molecule has 0 heterocycles. The Hall–Kier alpha value is -2.47. The largest absolute Gasteiger partial charge is 0.497 e. The molecular weight excluding hydrogens is 296 g/mol. The molecule has 0 unspecified atom stereocenters.